The predicted molar refractivity (Wildman–Crippen MR) is 81.6 cm³/mol. The highest BCUT2D eigenvalue weighted by atomic mass is 16.5. The third kappa shape index (κ3) is 3.66. The second kappa shape index (κ2) is 6.80. The van der Waals surface area contributed by atoms with E-state index in [-0.39, 0.29) is 17.5 Å². The maximum atomic E-state index is 12.1. The topological polar surface area (TPSA) is 74.1 Å². The van der Waals surface area contributed by atoms with Gasteiger partial charge < -0.3 is 4.74 Å². The van der Waals surface area contributed by atoms with Gasteiger partial charge in [0.05, 0.1) is 24.6 Å². The van der Waals surface area contributed by atoms with Crippen molar-refractivity contribution in [3.05, 3.63) is 53.6 Å². The van der Waals surface area contributed by atoms with Crippen LogP contribution in [-0.2, 0) is 4.74 Å². The molecule has 0 N–H and O–H groups in total. The largest absolute Gasteiger partial charge is 0.464 e. The number of carbonyl (C=O) groups is 2. The summed E-state index contributed by atoms with van der Waals surface area (Å²) in [4.78, 5) is 27.6. The molecular formula is C16H17N3O3. The van der Waals surface area contributed by atoms with Gasteiger partial charge in [-0.05, 0) is 38.1 Å². The summed E-state index contributed by atoms with van der Waals surface area (Å²) >= 11 is 0. The van der Waals surface area contributed by atoms with Crippen molar-refractivity contribution in [1.82, 2.24) is 14.8 Å². The predicted octanol–water partition coefficient (Wildman–Crippen LogP) is 2.54. The van der Waals surface area contributed by atoms with Gasteiger partial charge in [-0.3, -0.25) is 9.48 Å². The second-order valence-electron chi connectivity index (χ2n) is 4.94. The monoisotopic (exact) mass is 299 g/mol. The molecule has 0 saturated heterocycles. The smallest absolute Gasteiger partial charge is 0.356 e. The molecule has 6 heteroatoms. The Balaban J connectivity index is 2.13. The number of rotatable bonds is 5. The van der Waals surface area contributed by atoms with Gasteiger partial charge in [0.15, 0.2) is 5.78 Å². The van der Waals surface area contributed by atoms with E-state index in [0.717, 1.165) is 0 Å². The Morgan fingerprint density at radius 1 is 1.32 bits per heavy atom. The lowest BCUT2D eigenvalue weighted by molar-refractivity contribution is 0.0594. The third-order valence-electron chi connectivity index (χ3n) is 2.99. The highest BCUT2D eigenvalue weighted by molar-refractivity contribution is 6.06. The average Bonchev–Trinajstić information content (AvgIpc) is 3.02. The van der Waals surface area contributed by atoms with Crippen molar-refractivity contribution in [3.8, 4) is 0 Å². The number of nitrogens with zero attached hydrogens (tertiary/aromatic N) is 3. The number of ketones is 1. The van der Waals surface area contributed by atoms with E-state index >= 15 is 0 Å². The zero-order valence-corrected chi connectivity index (χ0v) is 12.7. The quantitative estimate of drug-likeness (QED) is 0.482. The average molecular weight is 299 g/mol. The van der Waals surface area contributed by atoms with Crippen LogP contribution >= 0.6 is 0 Å². The second-order valence-corrected chi connectivity index (χ2v) is 4.94. The van der Waals surface area contributed by atoms with Gasteiger partial charge in [-0.25, -0.2) is 9.78 Å². The zero-order chi connectivity index (χ0) is 16.1. The number of ether oxygens (including phenoxy) is 1. The molecule has 0 aliphatic carbocycles. The Morgan fingerprint density at radius 3 is 2.73 bits per heavy atom. The Hall–Kier alpha value is -2.76. The van der Waals surface area contributed by atoms with E-state index in [9.17, 15) is 9.59 Å². The van der Waals surface area contributed by atoms with E-state index in [4.69, 9.17) is 0 Å². The molecule has 0 aliphatic rings. The van der Waals surface area contributed by atoms with Crippen molar-refractivity contribution in [2.24, 2.45) is 0 Å². The van der Waals surface area contributed by atoms with E-state index in [1.165, 1.54) is 19.4 Å². The van der Waals surface area contributed by atoms with Crippen LogP contribution < -0.4 is 0 Å². The highest BCUT2D eigenvalue weighted by Crippen LogP contribution is 2.08. The fourth-order valence-electron chi connectivity index (χ4n) is 1.77. The summed E-state index contributed by atoms with van der Waals surface area (Å²) in [5.74, 6) is -0.683. The lowest BCUT2D eigenvalue weighted by atomic mass is 10.2. The summed E-state index contributed by atoms with van der Waals surface area (Å²) < 4.78 is 6.33. The van der Waals surface area contributed by atoms with Gasteiger partial charge in [0.2, 0.25) is 0 Å². The number of hydrogen-bond donors (Lipinski definition) is 0. The first-order chi connectivity index (χ1) is 10.5. The van der Waals surface area contributed by atoms with E-state index < -0.39 is 5.97 Å². The molecular weight excluding hydrogens is 282 g/mol. The minimum atomic E-state index is -0.514. The molecule has 0 atom stereocenters. The van der Waals surface area contributed by atoms with E-state index in [2.05, 4.69) is 14.8 Å². The normalized spacial score (nSPS) is 11.1. The first kappa shape index (κ1) is 15.6. The fraction of sp³-hybridized carbons (Fsp3) is 0.250. The van der Waals surface area contributed by atoms with Crippen LogP contribution in [0.2, 0.25) is 0 Å². The van der Waals surface area contributed by atoms with Crippen molar-refractivity contribution in [1.29, 1.82) is 0 Å². The van der Waals surface area contributed by atoms with Crippen molar-refractivity contribution in [2.75, 3.05) is 7.11 Å². The van der Waals surface area contributed by atoms with Crippen molar-refractivity contribution in [3.63, 3.8) is 0 Å². The minimum Gasteiger partial charge on any atom is -0.464 e. The summed E-state index contributed by atoms with van der Waals surface area (Å²) in [6.45, 7) is 3.97. The van der Waals surface area contributed by atoms with Crippen LogP contribution in [0.4, 0.5) is 0 Å². The summed E-state index contributed by atoms with van der Waals surface area (Å²) in [5, 5.41) is 4.13. The van der Waals surface area contributed by atoms with Gasteiger partial charge in [0.1, 0.15) is 5.69 Å². The number of hydrogen-bond acceptors (Lipinski definition) is 5. The molecule has 0 radical (unpaired) electrons. The van der Waals surface area contributed by atoms with Crippen molar-refractivity contribution >= 4 is 17.8 Å². The molecule has 2 rings (SSSR count). The zero-order valence-electron chi connectivity index (χ0n) is 12.7. The molecule has 0 bridgehead atoms. The summed E-state index contributed by atoms with van der Waals surface area (Å²) in [6.07, 6.45) is 6.20. The molecule has 0 amide bonds. The van der Waals surface area contributed by atoms with Gasteiger partial charge >= 0.3 is 5.97 Å². The lowest BCUT2D eigenvalue weighted by Crippen LogP contribution is -2.04. The Labute approximate surface area is 128 Å². The number of esters is 1. The Morgan fingerprint density at radius 2 is 2.09 bits per heavy atom. The molecule has 0 spiro atoms. The highest BCUT2D eigenvalue weighted by Gasteiger charge is 2.08. The van der Waals surface area contributed by atoms with Gasteiger partial charge in [0, 0.05) is 12.2 Å². The number of allylic oxidation sites excluding steroid dienone is 1. The summed E-state index contributed by atoms with van der Waals surface area (Å²) in [7, 11) is 1.29. The minimum absolute atomic E-state index is 0.169. The first-order valence-corrected chi connectivity index (χ1v) is 6.83. The van der Waals surface area contributed by atoms with Crippen LogP contribution in [0.25, 0.3) is 6.08 Å². The van der Waals surface area contributed by atoms with Gasteiger partial charge in [0.25, 0.3) is 0 Å². The first-order valence-electron chi connectivity index (χ1n) is 6.83. The molecule has 0 fully saturated rings. The third-order valence-corrected chi connectivity index (χ3v) is 2.99. The van der Waals surface area contributed by atoms with E-state index in [0.29, 0.717) is 11.3 Å². The molecule has 0 unspecified atom stereocenters. The van der Waals surface area contributed by atoms with Crippen LogP contribution in [-0.4, -0.2) is 33.6 Å². The fourth-order valence-corrected chi connectivity index (χ4v) is 1.77. The van der Waals surface area contributed by atoms with Crippen molar-refractivity contribution < 1.29 is 14.3 Å². The van der Waals surface area contributed by atoms with Crippen LogP contribution in [0.1, 0.15) is 46.4 Å². The molecule has 22 heavy (non-hydrogen) atoms. The van der Waals surface area contributed by atoms with Gasteiger partial charge in [-0.15, -0.1) is 0 Å². The molecule has 2 heterocycles. The molecule has 0 saturated carbocycles. The number of methoxy groups -OCH3 is 1. The molecule has 2 aromatic rings. The summed E-state index contributed by atoms with van der Waals surface area (Å²) in [6, 6.07) is 5.13. The van der Waals surface area contributed by atoms with E-state index in [1.54, 1.807) is 35.2 Å². The Kier molecular flexibility index (Phi) is 4.83. The maximum Gasteiger partial charge on any atom is 0.356 e. The van der Waals surface area contributed by atoms with Crippen LogP contribution in [0.15, 0.2) is 36.7 Å². The van der Waals surface area contributed by atoms with Crippen LogP contribution in [0, 0.1) is 0 Å². The lowest BCUT2D eigenvalue weighted by Gasteiger charge is -2.02. The number of aromatic nitrogens is 3. The molecule has 0 aliphatic heterocycles. The van der Waals surface area contributed by atoms with E-state index in [1.807, 2.05) is 13.8 Å². The van der Waals surface area contributed by atoms with Gasteiger partial charge in [-0.2, -0.15) is 5.10 Å². The SMILES string of the molecule is COC(=O)c1cccc(C=CC(=O)c2cnn(C(C)C)c2)n1. The molecule has 0 aromatic carbocycles. The molecule has 114 valence electrons. The summed E-state index contributed by atoms with van der Waals surface area (Å²) in [5.41, 5.74) is 1.21. The standard InChI is InChI=1S/C16H17N3O3/c1-11(2)19-10-12(9-17-19)15(20)8-7-13-5-4-6-14(18-13)16(21)22-3/h4-11H,1-3H3. The van der Waals surface area contributed by atoms with Gasteiger partial charge in [-0.1, -0.05) is 6.07 Å². The maximum absolute atomic E-state index is 12.1. The number of pyridine rings is 1. The van der Waals surface area contributed by atoms with Crippen LogP contribution in [0.3, 0.4) is 0 Å². The number of carbonyl (C=O) groups excluding carboxylic acids is 2. The van der Waals surface area contributed by atoms with Crippen molar-refractivity contribution in [2.45, 2.75) is 19.9 Å². The molecule has 6 nitrogen and oxygen atoms in total. The molecule has 2 aromatic heterocycles. The Bertz CT molecular complexity index is 717. The van der Waals surface area contributed by atoms with Crippen LogP contribution in [0.5, 0.6) is 0 Å².